The Labute approximate surface area is 181 Å². The van der Waals surface area contributed by atoms with E-state index in [1.165, 1.54) is 0 Å². The molecule has 2 N–H and O–H groups in total. The number of esters is 2. The van der Waals surface area contributed by atoms with Gasteiger partial charge in [0.15, 0.2) is 0 Å². The van der Waals surface area contributed by atoms with Gasteiger partial charge in [0.25, 0.3) is 0 Å². The fraction of sp³-hybridized carbons (Fsp3) is 0.375. The van der Waals surface area contributed by atoms with Gasteiger partial charge in [0.05, 0.1) is 13.0 Å². The smallest absolute Gasteiger partial charge is 0.321 e. The molecule has 1 aliphatic carbocycles. The Hall–Kier alpha value is -3.19. The Kier molecular flexibility index (Phi) is 6.75. The molecule has 0 spiro atoms. The maximum atomic E-state index is 12.3. The molecule has 7 nitrogen and oxygen atoms in total. The van der Waals surface area contributed by atoms with Crippen molar-refractivity contribution in [3.8, 4) is 11.1 Å². The number of nitrogens with one attached hydrogen (secondary N) is 1. The fourth-order valence-corrected chi connectivity index (χ4v) is 3.67. The minimum absolute atomic E-state index is 0.0756. The number of benzene rings is 2. The number of aliphatic carboxylic acids is 1. The molecule has 0 heterocycles. The Morgan fingerprint density at radius 3 is 2.03 bits per heavy atom. The number of hydrogen-bond donors (Lipinski definition) is 2. The summed E-state index contributed by atoms with van der Waals surface area (Å²) >= 11 is 0. The van der Waals surface area contributed by atoms with E-state index in [1.54, 1.807) is 20.8 Å². The zero-order valence-electron chi connectivity index (χ0n) is 17.9. The first-order valence-corrected chi connectivity index (χ1v) is 10.2. The summed E-state index contributed by atoms with van der Waals surface area (Å²) in [7, 11) is 0. The Balaban J connectivity index is 1.56. The number of hydrogen-bond acceptors (Lipinski definition) is 6. The normalized spacial score (nSPS) is 13.8. The van der Waals surface area contributed by atoms with E-state index in [-0.39, 0.29) is 25.5 Å². The lowest BCUT2D eigenvalue weighted by Crippen LogP contribution is -2.42. The minimum Gasteiger partial charge on any atom is -0.480 e. The molecule has 0 amide bonds. The third-order valence-corrected chi connectivity index (χ3v) is 4.96. The summed E-state index contributed by atoms with van der Waals surface area (Å²) in [4.78, 5) is 35.6. The summed E-state index contributed by atoms with van der Waals surface area (Å²) in [5.74, 6) is -2.55. The highest BCUT2D eigenvalue weighted by Crippen LogP contribution is 2.44. The fourth-order valence-electron chi connectivity index (χ4n) is 3.67. The predicted octanol–water partition coefficient (Wildman–Crippen LogP) is 3.12. The number of carbonyl (C=O) groups is 3. The van der Waals surface area contributed by atoms with Gasteiger partial charge in [0, 0.05) is 5.92 Å². The number of carboxylic acid groups (broad SMARTS) is 1. The van der Waals surface area contributed by atoms with Crippen LogP contribution in [-0.4, -0.2) is 47.8 Å². The quantitative estimate of drug-likeness (QED) is 0.627. The van der Waals surface area contributed by atoms with E-state index in [1.807, 2.05) is 48.5 Å². The topological polar surface area (TPSA) is 102 Å². The second-order valence-corrected chi connectivity index (χ2v) is 8.47. The average molecular weight is 425 g/mol. The van der Waals surface area contributed by atoms with Gasteiger partial charge in [0.2, 0.25) is 0 Å². The van der Waals surface area contributed by atoms with Gasteiger partial charge < -0.3 is 14.6 Å². The molecule has 0 saturated carbocycles. The molecule has 164 valence electrons. The Bertz CT molecular complexity index is 933. The maximum Gasteiger partial charge on any atom is 0.321 e. The third kappa shape index (κ3) is 5.70. The van der Waals surface area contributed by atoms with Gasteiger partial charge in [-0.15, -0.1) is 0 Å². The molecule has 0 bridgehead atoms. The highest BCUT2D eigenvalue weighted by molar-refractivity contribution is 5.83. The molecule has 7 heteroatoms. The Morgan fingerprint density at radius 2 is 1.52 bits per heavy atom. The van der Waals surface area contributed by atoms with E-state index in [4.69, 9.17) is 9.47 Å². The van der Waals surface area contributed by atoms with Gasteiger partial charge in [-0.2, -0.15) is 0 Å². The second kappa shape index (κ2) is 9.31. The van der Waals surface area contributed by atoms with Crippen LogP contribution in [-0.2, 0) is 23.9 Å². The maximum absolute atomic E-state index is 12.3. The summed E-state index contributed by atoms with van der Waals surface area (Å²) in [6.07, 6.45) is -0.386. The van der Waals surface area contributed by atoms with E-state index < -0.39 is 29.6 Å². The van der Waals surface area contributed by atoms with Crippen LogP contribution in [0.5, 0.6) is 0 Å². The molecule has 3 rings (SSSR count). The lowest BCUT2D eigenvalue weighted by atomic mass is 9.98. The second-order valence-electron chi connectivity index (χ2n) is 8.47. The number of carboxylic acids is 1. The van der Waals surface area contributed by atoms with Crippen molar-refractivity contribution < 1.29 is 29.0 Å². The molecule has 0 fully saturated rings. The molecule has 1 aliphatic rings. The first-order chi connectivity index (χ1) is 14.7. The number of fused-ring (bicyclic) bond motifs is 3. The lowest BCUT2D eigenvalue weighted by Gasteiger charge is -2.21. The highest BCUT2D eigenvalue weighted by Gasteiger charge is 2.29. The largest absolute Gasteiger partial charge is 0.480 e. The summed E-state index contributed by atoms with van der Waals surface area (Å²) in [5.41, 5.74) is 3.73. The Morgan fingerprint density at radius 1 is 0.968 bits per heavy atom. The zero-order valence-corrected chi connectivity index (χ0v) is 17.9. The molecule has 0 aliphatic heterocycles. The number of rotatable bonds is 8. The van der Waals surface area contributed by atoms with Crippen molar-refractivity contribution in [3.05, 3.63) is 59.7 Å². The van der Waals surface area contributed by atoms with Gasteiger partial charge >= 0.3 is 17.9 Å². The number of carbonyl (C=O) groups excluding carboxylic acids is 2. The SMILES string of the molecule is CC(C)(C)OC(=O)C[C@H](NCC(=O)OCC1c2ccccc2-c2ccccc21)C(=O)O. The first-order valence-electron chi connectivity index (χ1n) is 10.2. The van der Waals surface area contributed by atoms with Crippen molar-refractivity contribution in [2.24, 2.45) is 0 Å². The molecular weight excluding hydrogens is 398 g/mol. The molecule has 1 atom stereocenters. The minimum atomic E-state index is -1.24. The molecule has 31 heavy (non-hydrogen) atoms. The molecule has 2 aromatic carbocycles. The van der Waals surface area contributed by atoms with E-state index in [2.05, 4.69) is 5.32 Å². The van der Waals surface area contributed by atoms with Crippen LogP contribution in [0.15, 0.2) is 48.5 Å². The molecule has 0 aromatic heterocycles. The van der Waals surface area contributed by atoms with Gasteiger partial charge in [-0.25, -0.2) is 0 Å². The van der Waals surface area contributed by atoms with Crippen molar-refractivity contribution in [1.82, 2.24) is 5.32 Å². The van der Waals surface area contributed by atoms with Crippen LogP contribution >= 0.6 is 0 Å². The molecule has 0 unspecified atom stereocenters. The van der Waals surface area contributed by atoms with Crippen LogP contribution in [0.4, 0.5) is 0 Å². The summed E-state index contributed by atoms with van der Waals surface area (Å²) in [6, 6.07) is 14.8. The van der Waals surface area contributed by atoms with Gasteiger partial charge in [-0.1, -0.05) is 48.5 Å². The highest BCUT2D eigenvalue weighted by atomic mass is 16.6. The van der Waals surface area contributed by atoms with Crippen LogP contribution in [0.1, 0.15) is 44.2 Å². The van der Waals surface area contributed by atoms with Crippen LogP contribution < -0.4 is 5.32 Å². The van der Waals surface area contributed by atoms with E-state index in [9.17, 15) is 19.5 Å². The molecular formula is C24H27NO6. The van der Waals surface area contributed by atoms with Crippen LogP contribution in [0.25, 0.3) is 11.1 Å². The third-order valence-electron chi connectivity index (χ3n) is 4.96. The lowest BCUT2D eigenvalue weighted by molar-refractivity contribution is -0.158. The van der Waals surface area contributed by atoms with Gasteiger partial charge in [0.1, 0.15) is 18.2 Å². The van der Waals surface area contributed by atoms with Crippen LogP contribution in [0.2, 0.25) is 0 Å². The van der Waals surface area contributed by atoms with Crippen molar-refractivity contribution in [2.75, 3.05) is 13.2 Å². The van der Waals surface area contributed by atoms with E-state index in [0.717, 1.165) is 22.3 Å². The molecule has 0 saturated heterocycles. The van der Waals surface area contributed by atoms with Crippen molar-refractivity contribution in [1.29, 1.82) is 0 Å². The monoisotopic (exact) mass is 425 g/mol. The van der Waals surface area contributed by atoms with Crippen molar-refractivity contribution in [3.63, 3.8) is 0 Å². The first kappa shape index (κ1) is 22.5. The van der Waals surface area contributed by atoms with Crippen molar-refractivity contribution >= 4 is 17.9 Å². The number of ether oxygens (including phenoxy) is 2. The standard InChI is InChI=1S/C24H27NO6/c1-24(2,3)31-21(26)12-20(23(28)29)25-13-22(27)30-14-19-17-10-6-4-8-15(17)16-9-5-7-11-18(16)19/h4-11,19-20,25H,12-14H2,1-3H3,(H,28,29)/t20-/m0/s1. The van der Waals surface area contributed by atoms with Crippen molar-refractivity contribution in [2.45, 2.75) is 44.8 Å². The predicted molar refractivity (Wildman–Crippen MR) is 115 cm³/mol. The van der Waals surface area contributed by atoms with E-state index >= 15 is 0 Å². The van der Waals surface area contributed by atoms with Crippen LogP contribution in [0.3, 0.4) is 0 Å². The zero-order chi connectivity index (χ0) is 22.6. The van der Waals surface area contributed by atoms with Crippen LogP contribution in [0, 0.1) is 0 Å². The molecule has 2 aromatic rings. The summed E-state index contributed by atoms with van der Waals surface area (Å²) < 4.78 is 10.6. The van der Waals surface area contributed by atoms with Gasteiger partial charge in [-0.05, 0) is 43.0 Å². The molecule has 0 radical (unpaired) electrons. The average Bonchev–Trinajstić information content (AvgIpc) is 3.02. The summed E-state index contributed by atoms with van der Waals surface area (Å²) in [6.45, 7) is 4.93. The van der Waals surface area contributed by atoms with Gasteiger partial charge in [-0.3, -0.25) is 19.7 Å². The summed E-state index contributed by atoms with van der Waals surface area (Å²) in [5, 5.41) is 11.9. The van der Waals surface area contributed by atoms with E-state index in [0.29, 0.717) is 0 Å².